The largest absolute Gasteiger partial charge is 0.477 e. The summed E-state index contributed by atoms with van der Waals surface area (Å²) >= 11 is 8.42. The van der Waals surface area contributed by atoms with Gasteiger partial charge in [-0.15, -0.1) is 0 Å². The highest BCUT2D eigenvalue weighted by Crippen LogP contribution is 2.50. The van der Waals surface area contributed by atoms with Gasteiger partial charge in [0.05, 0.1) is 18.0 Å². The van der Waals surface area contributed by atoms with Crippen LogP contribution in [0.5, 0.6) is 0 Å². The van der Waals surface area contributed by atoms with Gasteiger partial charge in [0.15, 0.2) is 5.69 Å². The van der Waals surface area contributed by atoms with Gasteiger partial charge in [-0.25, -0.2) is 9.64 Å². The van der Waals surface area contributed by atoms with Crippen molar-refractivity contribution in [2.45, 2.75) is 24.8 Å². The minimum absolute atomic E-state index is 0.0778. The normalized spacial score (nSPS) is 14.6. The van der Waals surface area contributed by atoms with Crippen LogP contribution in [0.4, 0.5) is 15.8 Å². The molecule has 2 aromatic carbocycles. The molecule has 2 N–H and O–H groups in total. The highest BCUT2D eigenvalue weighted by Gasteiger charge is 2.35. The summed E-state index contributed by atoms with van der Waals surface area (Å²) in [6, 6.07) is 9.89. The molecule has 1 aliphatic heterocycles. The smallest absolute Gasteiger partial charge is 0.370 e. The number of aromatic nitrogens is 1. The zero-order valence-electron chi connectivity index (χ0n) is 19.4. The maximum absolute atomic E-state index is 16.3. The number of halogens is 2. The van der Waals surface area contributed by atoms with Crippen molar-refractivity contribution >= 4 is 78.2 Å². The van der Waals surface area contributed by atoms with Crippen molar-refractivity contribution in [1.29, 1.82) is 0 Å². The maximum Gasteiger partial charge on any atom is 0.370 e. The third kappa shape index (κ3) is 6.06. The molecule has 0 bridgehead atoms. The summed E-state index contributed by atoms with van der Waals surface area (Å²) in [6.07, 6.45) is 0.132. The van der Waals surface area contributed by atoms with Crippen molar-refractivity contribution in [3.63, 3.8) is 0 Å². The molecule has 0 saturated carbocycles. The van der Waals surface area contributed by atoms with Gasteiger partial charge in [-0.1, -0.05) is 47.7 Å². The highest BCUT2D eigenvalue weighted by molar-refractivity contribution is 8.04. The molecule has 194 valence electrons. The molecule has 14 heteroatoms. The first-order valence-electron chi connectivity index (χ1n) is 11.0. The number of nitrogens with zero attached hydrogens (tertiary/aromatic N) is 3. The second-order valence-electron chi connectivity index (χ2n) is 7.83. The van der Waals surface area contributed by atoms with Crippen LogP contribution in [0.1, 0.15) is 18.4 Å². The fraction of sp³-hybridized carbons (Fsp3) is 0.261. The SMILES string of the molecule is [C-]#[N+]c1ccc2sc(C(F)=C3Sc4ccc(Cl)cc4N3CCCS(=O)(=O)ONCC)[n+](CC(=O)O)c2c1. The first-order valence-corrected chi connectivity index (χ1v) is 14.6. The molecule has 0 amide bonds. The number of hydroxylamine groups is 1. The van der Waals surface area contributed by atoms with Gasteiger partial charge in [0.25, 0.3) is 10.1 Å². The third-order valence-corrected chi connectivity index (χ3v) is 8.96. The molecule has 0 saturated heterocycles. The van der Waals surface area contributed by atoms with Crippen molar-refractivity contribution < 1.29 is 31.6 Å². The monoisotopic (exact) mass is 583 g/mol. The molecule has 0 spiro atoms. The molecule has 0 radical (unpaired) electrons. The molecule has 0 fully saturated rings. The van der Waals surface area contributed by atoms with Gasteiger partial charge in [-0.2, -0.15) is 27.1 Å². The van der Waals surface area contributed by atoms with Crippen LogP contribution in [-0.2, 0) is 25.7 Å². The van der Waals surface area contributed by atoms with E-state index in [4.69, 9.17) is 22.5 Å². The first-order chi connectivity index (χ1) is 17.6. The molecule has 9 nitrogen and oxygen atoms in total. The van der Waals surface area contributed by atoms with Gasteiger partial charge < -0.3 is 10.0 Å². The molecule has 4 rings (SSSR count). The zero-order valence-corrected chi connectivity index (χ0v) is 22.6. The number of thiazole rings is 1. The number of thioether (sulfide) groups is 1. The van der Waals surface area contributed by atoms with E-state index in [9.17, 15) is 18.3 Å². The Bertz CT molecular complexity index is 1550. The Balaban J connectivity index is 1.76. The van der Waals surface area contributed by atoms with Crippen LogP contribution in [0.25, 0.3) is 20.9 Å². The van der Waals surface area contributed by atoms with Crippen molar-refractivity contribution in [2.75, 3.05) is 23.7 Å². The summed E-state index contributed by atoms with van der Waals surface area (Å²) in [6.45, 7) is 8.92. The van der Waals surface area contributed by atoms with Crippen LogP contribution in [0.2, 0.25) is 5.02 Å². The lowest BCUT2D eigenvalue weighted by molar-refractivity contribution is -0.658. The average molecular weight is 584 g/mol. The minimum atomic E-state index is -3.83. The van der Waals surface area contributed by atoms with E-state index in [1.54, 1.807) is 42.2 Å². The Hall–Kier alpha value is -2.73. The molecule has 0 unspecified atom stereocenters. The van der Waals surface area contributed by atoms with Crippen LogP contribution < -0.4 is 14.9 Å². The molecule has 37 heavy (non-hydrogen) atoms. The topological polar surface area (TPSA) is 104 Å². The summed E-state index contributed by atoms with van der Waals surface area (Å²) in [5.41, 5.74) is 3.69. The molecule has 0 aliphatic carbocycles. The summed E-state index contributed by atoms with van der Waals surface area (Å²) in [5.74, 6) is -2.11. The molecule has 1 aliphatic rings. The number of benzene rings is 2. The Labute approximate surface area is 226 Å². The Morgan fingerprint density at radius 2 is 2.11 bits per heavy atom. The number of nitrogens with one attached hydrogen (secondary N) is 1. The summed E-state index contributed by atoms with van der Waals surface area (Å²) in [4.78, 5) is 17.4. The van der Waals surface area contributed by atoms with Gasteiger partial charge in [-0.05, 0) is 30.7 Å². The second-order valence-corrected chi connectivity index (χ2v) is 12.0. The lowest BCUT2D eigenvalue weighted by Crippen LogP contribution is -2.40. The van der Waals surface area contributed by atoms with Crippen molar-refractivity contribution in [3.05, 3.63) is 62.9 Å². The third-order valence-electron chi connectivity index (χ3n) is 5.25. The zero-order chi connectivity index (χ0) is 26.7. The van der Waals surface area contributed by atoms with E-state index in [0.717, 1.165) is 28.0 Å². The number of hydrogen-bond donors (Lipinski definition) is 2. The van der Waals surface area contributed by atoms with E-state index in [2.05, 4.69) is 10.3 Å². The molecule has 2 heterocycles. The molecular weight excluding hydrogens is 563 g/mol. The second kappa shape index (κ2) is 11.3. The lowest BCUT2D eigenvalue weighted by Gasteiger charge is -2.20. The number of hydrogen-bond acceptors (Lipinski definition) is 8. The molecule has 3 aromatic rings. The first kappa shape index (κ1) is 27.3. The number of fused-ring (bicyclic) bond motifs is 2. The number of carbonyl (C=O) groups is 1. The Morgan fingerprint density at radius 1 is 1.32 bits per heavy atom. The van der Waals surface area contributed by atoms with Crippen LogP contribution in [0.3, 0.4) is 0 Å². The van der Waals surface area contributed by atoms with Gasteiger partial charge in [0.2, 0.25) is 17.9 Å². The molecule has 1 aromatic heterocycles. The predicted octanol–water partition coefficient (Wildman–Crippen LogP) is 4.95. The molecular formula is C23H21ClFN4O5S3+. The van der Waals surface area contributed by atoms with Crippen molar-refractivity contribution in [1.82, 2.24) is 5.48 Å². The van der Waals surface area contributed by atoms with Gasteiger partial charge in [0.1, 0.15) is 9.73 Å². The quantitative estimate of drug-likeness (QED) is 0.196. The lowest BCUT2D eigenvalue weighted by atomic mass is 10.2. The van der Waals surface area contributed by atoms with Gasteiger partial charge in [-0.3, -0.25) is 0 Å². The summed E-state index contributed by atoms with van der Waals surface area (Å²) in [7, 11) is -3.83. The standard InChI is InChI=1S/C23H20ClFN4O5S3/c1-3-27-34-37(32,33)10-4-9-28-16-11-14(24)5-7-18(16)35-22(28)21(25)23-29(13-20(30)31)17-12-15(26-2)6-8-19(17)36-23/h5-8,11-12,27H,3-4,9-10,13H2,1H3/p+1. The predicted molar refractivity (Wildman–Crippen MR) is 142 cm³/mol. The van der Waals surface area contributed by atoms with E-state index in [0.29, 0.717) is 33.2 Å². The van der Waals surface area contributed by atoms with E-state index in [-0.39, 0.29) is 28.8 Å². The van der Waals surface area contributed by atoms with E-state index in [1.807, 2.05) is 0 Å². The summed E-state index contributed by atoms with van der Waals surface area (Å²) in [5, 5.41) is 10.2. The van der Waals surface area contributed by atoms with E-state index >= 15 is 4.39 Å². The van der Waals surface area contributed by atoms with Crippen molar-refractivity contribution in [2.24, 2.45) is 0 Å². The number of rotatable bonds is 10. The number of aliphatic carboxylic acids is 1. The number of carboxylic acids is 1. The molecule has 0 atom stereocenters. The highest BCUT2D eigenvalue weighted by atomic mass is 35.5. The maximum atomic E-state index is 16.3. The van der Waals surface area contributed by atoms with Crippen LogP contribution >= 0.6 is 34.7 Å². The number of carboxylic acid groups (broad SMARTS) is 1. The Morgan fingerprint density at radius 3 is 2.81 bits per heavy atom. The van der Waals surface area contributed by atoms with Crippen molar-refractivity contribution in [3.8, 4) is 0 Å². The fourth-order valence-electron chi connectivity index (χ4n) is 3.72. The van der Waals surface area contributed by atoms with Gasteiger partial charge >= 0.3 is 11.0 Å². The van der Waals surface area contributed by atoms with Crippen LogP contribution in [-0.4, -0.2) is 38.3 Å². The minimum Gasteiger partial charge on any atom is -0.477 e. The van der Waals surface area contributed by atoms with E-state index < -0.39 is 28.5 Å². The van der Waals surface area contributed by atoms with Crippen LogP contribution in [0, 0.1) is 6.57 Å². The Kier molecular flexibility index (Phi) is 8.37. The van der Waals surface area contributed by atoms with Gasteiger partial charge in [0, 0.05) is 29.1 Å². The number of anilines is 1. The van der Waals surface area contributed by atoms with E-state index in [1.165, 1.54) is 10.6 Å². The fourth-order valence-corrected chi connectivity index (χ4v) is 7.00. The average Bonchev–Trinajstić information content (AvgIpc) is 3.39. The van der Waals surface area contributed by atoms with Crippen LogP contribution in [0.15, 0.2) is 46.3 Å². The summed E-state index contributed by atoms with van der Waals surface area (Å²) < 4.78 is 47.1.